The normalized spacial score (nSPS) is 15.0. The second-order valence-electron chi connectivity index (χ2n) is 5.42. The molecule has 0 aliphatic heterocycles. The van der Waals surface area contributed by atoms with Gasteiger partial charge >= 0.3 is 0 Å². The Bertz CT molecular complexity index is 351. The van der Waals surface area contributed by atoms with Crippen molar-refractivity contribution in [2.45, 2.75) is 39.7 Å². The van der Waals surface area contributed by atoms with E-state index in [2.05, 4.69) is 37.4 Å². The van der Waals surface area contributed by atoms with Crippen molar-refractivity contribution in [2.24, 2.45) is 5.92 Å². The number of ether oxygens (including phenoxy) is 1. The van der Waals surface area contributed by atoms with Crippen molar-refractivity contribution in [3.05, 3.63) is 34.9 Å². The highest BCUT2D eigenvalue weighted by molar-refractivity contribution is 5.33. The fourth-order valence-corrected chi connectivity index (χ4v) is 2.17. The molecular formula is C16H25NO. The number of aryl methyl sites for hydroxylation is 2. The molecule has 0 amide bonds. The molecule has 0 bridgehead atoms. The minimum Gasteiger partial charge on any atom is -0.381 e. The largest absolute Gasteiger partial charge is 0.381 e. The Kier molecular flexibility index (Phi) is 5.21. The monoisotopic (exact) mass is 247 g/mol. The number of benzene rings is 1. The van der Waals surface area contributed by atoms with Gasteiger partial charge in [-0.2, -0.15) is 0 Å². The van der Waals surface area contributed by atoms with E-state index in [9.17, 15) is 0 Å². The van der Waals surface area contributed by atoms with Crippen LogP contribution in [0.5, 0.6) is 0 Å². The van der Waals surface area contributed by atoms with Gasteiger partial charge in [0.05, 0.1) is 0 Å². The smallest absolute Gasteiger partial charge is 0.0494 e. The third-order valence-electron chi connectivity index (χ3n) is 3.64. The highest BCUT2D eigenvalue weighted by Gasteiger charge is 2.20. The summed E-state index contributed by atoms with van der Waals surface area (Å²) in [4.78, 5) is 0. The Balaban J connectivity index is 1.56. The summed E-state index contributed by atoms with van der Waals surface area (Å²) < 4.78 is 5.62. The molecule has 1 aromatic rings. The summed E-state index contributed by atoms with van der Waals surface area (Å²) in [7, 11) is 0. The van der Waals surface area contributed by atoms with E-state index in [1.165, 1.54) is 29.5 Å². The lowest BCUT2D eigenvalue weighted by atomic mass is 10.0. The quantitative estimate of drug-likeness (QED) is 0.712. The van der Waals surface area contributed by atoms with Crippen molar-refractivity contribution >= 4 is 0 Å². The van der Waals surface area contributed by atoms with E-state index in [-0.39, 0.29) is 0 Å². The molecule has 0 radical (unpaired) electrons. The summed E-state index contributed by atoms with van der Waals surface area (Å²) in [5.74, 6) is 0.882. The van der Waals surface area contributed by atoms with Gasteiger partial charge in [0.1, 0.15) is 0 Å². The maximum absolute atomic E-state index is 5.62. The number of rotatable bonds is 8. The zero-order valence-corrected chi connectivity index (χ0v) is 11.7. The van der Waals surface area contributed by atoms with Crippen molar-refractivity contribution in [1.29, 1.82) is 0 Å². The Morgan fingerprint density at radius 2 is 1.94 bits per heavy atom. The summed E-state index contributed by atoms with van der Waals surface area (Å²) in [6, 6.07) is 6.49. The predicted molar refractivity (Wildman–Crippen MR) is 75.8 cm³/mol. The zero-order valence-electron chi connectivity index (χ0n) is 11.7. The van der Waals surface area contributed by atoms with Crippen molar-refractivity contribution < 1.29 is 4.74 Å². The fraction of sp³-hybridized carbons (Fsp3) is 0.625. The standard InChI is InChI=1S/C16H25NO/c1-13-5-3-6-14(2)16(13)11-17-9-4-10-18-12-15-7-8-15/h3,5-6,15,17H,4,7-12H2,1-2H3. The Labute approximate surface area is 111 Å². The van der Waals surface area contributed by atoms with E-state index in [1.807, 2.05) is 0 Å². The summed E-state index contributed by atoms with van der Waals surface area (Å²) >= 11 is 0. The van der Waals surface area contributed by atoms with E-state index in [1.54, 1.807) is 0 Å². The van der Waals surface area contributed by atoms with Crippen molar-refractivity contribution in [3.8, 4) is 0 Å². The summed E-state index contributed by atoms with van der Waals surface area (Å²) in [5.41, 5.74) is 4.20. The minimum atomic E-state index is 0.882. The van der Waals surface area contributed by atoms with E-state index < -0.39 is 0 Å². The molecule has 1 fully saturated rings. The van der Waals surface area contributed by atoms with Gasteiger partial charge in [0, 0.05) is 19.8 Å². The van der Waals surface area contributed by atoms with Crippen LogP contribution < -0.4 is 5.32 Å². The van der Waals surface area contributed by atoms with Crippen LogP contribution in [0.3, 0.4) is 0 Å². The van der Waals surface area contributed by atoms with Crippen LogP contribution in [-0.4, -0.2) is 19.8 Å². The number of hydrogen-bond donors (Lipinski definition) is 1. The third kappa shape index (κ3) is 4.43. The topological polar surface area (TPSA) is 21.3 Å². The lowest BCUT2D eigenvalue weighted by molar-refractivity contribution is 0.122. The molecule has 1 aromatic carbocycles. The van der Waals surface area contributed by atoms with E-state index in [0.29, 0.717) is 0 Å². The Morgan fingerprint density at radius 1 is 1.22 bits per heavy atom. The molecule has 0 aromatic heterocycles. The predicted octanol–water partition coefficient (Wildman–Crippen LogP) is 3.21. The van der Waals surface area contributed by atoms with Crippen LogP contribution in [0.25, 0.3) is 0 Å². The molecule has 0 atom stereocenters. The van der Waals surface area contributed by atoms with Gasteiger partial charge in [0.25, 0.3) is 0 Å². The lowest BCUT2D eigenvalue weighted by Crippen LogP contribution is -2.18. The average molecular weight is 247 g/mol. The van der Waals surface area contributed by atoms with Gasteiger partial charge in [-0.3, -0.25) is 0 Å². The van der Waals surface area contributed by atoms with Gasteiger partial charge in [0.2, 0.25) is 0 Å². The first-order valence-electron chi connectivity index (χ1n) is 7.11. The Morgan fingerprint density at radius 3 is 2.61 bits per heavy atom. The van der Waals surface area contributed by atoms with Crippen LogP contribution in [0, 0.1) is 19.8 Å². The first kappa shape index (κ1) is 13.6. The molecule has 1 aliphatic carbocycles. The highest BCUT2D eigenvalue weighted by Crippen LogP contribution is 2.28. The zero-order chi connectivity index (χ0) is 12.8. The first-order chi connectivity index (χ1) is 8.77. The summed E-state index contributed by atoms with van der Waals surface area (Å²) in [5, 5.41) is 3.51. The minimum absolute atomic E-state index is 0.882. The molecule has 0 heterocycles. The maximum Gasteiger partial charge on any atom is 0.0494 e. The van der Waals surface area contributed by atoms with Crippen molar-refractivity contribution in [2.75, 3.05) is 19.8 Å². The molecule has 0 saturated heterocycles. The highest BCUT2D eigenvalue weighted by atomic mass is 16.5. The van der Waals surface area contributed by atoms with Gasteiger partial charge < -0.3 is 10.1 Å². The third-order valence-corrected chi connectivity index (χ3v) is 3.64. The van der Waals surface area contributed by atoms with Crippen LogP contribution in [0.1, 0.15) is 36.0 Å². The van der Waals surface area contributed by atoms with Crippen LogP contribution in [0.4, 0.5) is 0 Å². The molecule has 1 saturated carbocycles. The van der Waals surface area contributed by atoms with Crippen LogP contribution >= 0.6 is 0 Å². The molecule has 2 heteroatoms. The van der Waals surface area contributed by atoms with Crippen LogP contribution in [0.15, 0.2) is 18.2 Å². The molecule has 2 rings (SSSR count). The Hall–Kier alpha value is -0.860. The molecule has 0 spiro atoms. The summed E-state index contributed by atoms with van der Waals surface area (Å²) in [6.07, 6.45) is 3.87. The molecule has 1 aliphatic rings. The van der Waals surface area contributed by atoms with E-state index >= 15 is 0 Å². The molecule has 2 nitrogen and oxygen atoms in total. The van der Waals surface area contributed by atoms with Crippen LogP contribution in [0.2, 0.25) is 0 Å². The lowest BCUT2D eigenvalue weighted by Gasteiger charge is -2.11. The number of hydrogen-bond acceptors (Lipinski definition) is 2. The van der Waals surface area contributed by atoms with Crippen molar-refractivity contribution in [3.63, 3.8) is 0 Å². The van der Waals surface area contributed by atoms with Crippen LogP contribution in [-0.2, 0) is 11.3 Å². The molecule has 1 N–H and O–H groups in total. The van der Waals surface area contributed by atoms with Gasteiger partial charge in [-0.15, -0.1) is 0 Å². The van der Waals surface area contributed by atoms with E-state index in [4.69, 9.17) is 4.74 Å². The molecule has 18 heavy (non-hydrogen) atoms. The van der Waals surface area contributed by atoms with Gasteiger partial charge in [0.15, 0.2) is 0 Å². The fourth-order valence-electron chi connectivity index (χ4n) is 2.17. The maximum atomic E-state index is 5.62. The van der Waals surface area contributed by atoms with Gasteiger partial charge in [-0.05, 0) is 62.3 Å². The molecular weight excluding hydrogens is 222 g/mol. The van der Waals surface area contributed by atoms with Crippen molar-refractivity contribution in [1.82, 2.24) is 5.32 Å². The second kappa shape index (κ2) is 6.91. The molecule has 100 valence electrons. The van der Waals surface area contributed by atoms with Gasteiger partial charge in [-0.1, -0.05) is 18.2 Å². The summed E-state index contributed by atoms with van der Waals surface area (Å²) in [6.45, 7) is 8.26. The van der Waals surface area contributed by atoms with E-state index in [0.717, 1.165) is 38.6 Å². The first-order valence-corrected chi connectivity index (χ1v) is 7.11. The average Bonchev–Trinajstić information content (AvgIpc) is 3.15. The number of nitrogens with one attached hydrogen (secondary N) is 1. The molecule has 0 unspecified atom stereocenters. The van der Waals surface area contributed by atoms with Gasteiger partial charge in [-0.25, -0.2) is 0 Å². The second-order valence-corrected chi connectivity index (χ2v) is 5.42. The SMILES string of the molecule is Cc1cccc(C)c1CNCCCOCC1CC1.